The predicted octanol–water partition coefficient (Wildman–Crippen LogP) is 3.88. The summed E-state index contributed by atoms with van der Waals surface area (Å²) in [5, 5.41) is 9.12. The minimum absolute atomic E-state index is 0.0666. The van der Waals surface area contributed by atoms with Crippen molar-refractivity contribution in [1.29, 1.82) is 0 Å². The highest BCUT2D eigenvalue weighted by atomic mass is 32.2. The smallest absolute Gasteiger partial charge is 0.341 e. The summed E-state index contributed by atoms with van der Waals surface area (Å²) in [6.45, 7) is 4.05. The largest absolute Gasteiger partial charge is 0.477 e. The number of carbonyl (C=O) groups is 1. The molecule has 0 bridgehead atoms. The van der Waals surface area contributed by atoms with Crippen LogP contribution in [0.1, 0.15) is 22.8 Å². The molecule has 0 spiro atoms. The first-order valence-electron chi connectivity index (χ1n) is 11.8. The van der Waals surface area contributed by atoms with Crippen molar-refractivity contribution in [3.63, 3.8) is 0 Å². The Hall–Kier alpha value is -4.20. The van der Waals surface area contributed by atoms with Crippen LogP contribution >= 0.6 is 0 Å². The molecule has 0 aliphatic carbocycles. The number of aryl methyl sites for hydroxylation is 1. The van der Waals surface area contributed by atoms with Crippen molar-refractivity contribution in [2.75, 3.05) is 11.4 Å². The molecule has 0 radical (unpaired) electrons. The SMILES string of the molecule is CC1C(N)CN1c1cc2c(cc1F)c(=O)c(C(=O)O)cn2-c1ccc(F)cc1F.Cc1ccc(S(=O)(=O)O)cc1. The van der Waals surface area contributed by atoms with Gasteiger partial charge in [-0.2, -0.15) is 8.42 Å². The lowest BCUT2D eigenvalue weighted by molar-refractivity contribution is 0.0695. The van der Waals surface area contributed by atoms with Gasteiger partial charge in [0.2, 0.25) is 5.43 Å². The summed E-state index contributed by atoms with van der Waals surface area (Å²) in [6, 6.07) is 10.7. The van der Waals surface area contributed by atoms with Gasteiger partial charge < -0.3 is 20.3 Å². The predicted molar refractivity (Wildman–Crippen MR) is 142 cm³/mol. The summed E-state index contributed by atoms with van der Waals surface area (Å²) in [5.41, 5.74) is 5.35. The average Bonchev–Trinajstić information content (AvgIpc) is 2.88. The van der Waals surface area contributed by atoms with Gasteiger partial charge in [-0.3, -0.25) is 9.35 Å². The number of carboxylic acids is 1. The lowest BCUT2D eigenvalue weighted by atomic mass is 9.97. The van der Waals surface area contributed by atoms with Crippen LogP contribution < -0.4 is 16.1 Å². The van der Waals surface area contributed by atoms with Crippen LogP contribution in [0.5, 0.6) is 0 Å². The molecule has 3 aromatic carbocycles. The Morgan fingerprint density at radius 3 is 2.15 bits per heavy atom. The third-order valence-electron chi connectivity index (χ3n) is 6.62. The van der Waals surface area contributed by atoms with E-state index in [1.807, 2.05) is 13.8 Å². The minimum Gasteiger partial charge on any atom is -0.477 e. The van der Waals surface area contributed by atoms with E-state index in [-0.39, 0.29) is 39.3 Å². The molecule has 5 rings (SSSR count). The molecular weight excluding hydrogens is 551 g/mol. The van der Waals surface area contributed by atoms with E-state index in [1.165, 1.54) is 18.2 Å². The van der Waals surface area contributed by atoms with E-state index in [1.54, 1.807) is 17.0 Å². The van der Waals surface area contributed by atoms with Gasteiger partial charge in [0.25, 0.3) is 10.1 Å². The van der Waals surface area contributed by atoms with Crippen LogP contribution in [0.2, 0.25) is 0 Å². The summed E-state index contributed by atoms with van der Waals surface area (Å²) >= 11 is 0. The average molecular weight is 576 g/mol. The molecule has 1 fully saturated rings. The van der Waals surface area contributed by atoms with Crippen LogP contribution in [-0.4, -0.2) is 47.2 Å². The van der Waals surface area contributed by atoms with Crippen molar-refractivity contribution in [2.45, 2.75) is 30.8 Å². The Balaban J connectivity index is 0.000000283. The normalized spacial score (nSPS) is 16.7. The molecule has 13 heteroatoms. The number of aromatic nitrogens is 1. The number of nitrogens with zero attached hydrogens (tertiary/aromatic N) is 2. The number of fused-ring (bicyclic) bond motifs is 1. The second-order valence-corrected chi connectivity index (χ2v) is 10.7. The Morgan fingerprint density at radius 2 is 1.62 bits per heavy atom. The molecule has 1 aliphatic heterocycles. The van der Waals surface area contributed by atoms with E-state index in [9.17, 15) is 36.3 Å². The zero-order valence-electron chi connectivity index (χ0n) is 21.2. The number of rotatable bonds is 4. The van der Waals surface area contributed by atoms with Crippen LogP contribution in [0.3, 0.4) is 0 Å². The zero-order valence-corrected chi connectivity index (χ0v) is 22.0. The second kappa shape index (κ2) is 10.8. The molecule has 1 saturated heterocycles. The number of aromatic carboxylic acids is 1. The number of benzene rings is 3. The number of pyridine rings is 1. The van der Waals surface area contributed by atoms with E-state index in [4.69, 9.17) is 10.3 Å². The molecule has 40 heavy (non-hydrogen) atoms. The topological polar surface area (TPSA) is 143 Å². The maximum absolute atomic E-state index is 14.8. The molecule has 2 unspecified atom stereocenters. The van der Waals surface area contributed by atoms with Crippen LogP contribution in [0.15, 0.2) is 70.5 Å². The van der Waals surface area contributed by atoms with Crippen LogP contribution in [0.25, 0.3) is 16.6 Å². The molecule has 0 amide bonds. The summed E-state index contributed by atoms with van der Waals surface area (Å²) < 4.78 is 73.2. The van der Waals surface area contributed by atoms with Crippen molar-refractivity contribution < 1.29 is 36.0 Å². The van der Waals surface area contributed by atoms with Gasteiger partial charge in [0, 0.05) is 36.3 Å². The highest BCUT2D eigenvalue weighted by molar-refractivity contribution is 7.85. The fraction of sp³-hybridized carbons (Fsp3) is 0.185. The first-order valence-corrected chi connectivity index (χ1v) is 13.3. The number of anilines is 1. The lowest BCUT2D eigenvalue weighted by Crippen LogP contribution is -2.63. The monoisotopic (exact) mass is 575 g/mol. The van der Waals surface area contributed by atoms with Crippen LogP contribution in [0.4, 0.5) is 18.9 Å². The van der Waals surface area contributed by atoms with Crippen molar-refractivity contribution in [2.24, 2.45) is 5.73 Å². The fourth-order valence-electron chi connectivity index (χ4n) is 4.25. The Morgan fingerprint density at radius 1 is 1.00 bits per heavy atom. The molecule has 9 nitrogen and oxygen atoms in total. The Labute approximate surface area is 226 Å². The van der Waals surface area contributed by atoms with Crippen molar-refractivity contribution >= 4 is 32.7 Å². The highest BCUT2D eigenvalue weighted by Gasteiger charge is 2.34. The van der Waals surface area contributed by atoms with E-state index in [2.05, 4.69) is 0 Å². The van der Waals surface area contributed by atoms with Crippen LogP contribution in [0, 0.1) is 24.4 Å². The first-order chi connectivity index (χ1) is 18.7. The van der Waals surface area contributed by atoms with Gasteiger partial charge in [-0.05, 0) is 50.2 Å². The summed E-state index contributed by atoms with van der Waals surface area (Å²) in [4.78, 5) is 25.7. The quantitative estimate of drug-likeness (QED) is 0.311. The molecule has 2 heterocycles. The second-order valence-electron chi connectivity index (χ2n) is 9.31. The molecule has 210 valence electrons. The lowest BCUT2D eigenvalue weighted by Gasteiger charge is -2.46. The van der Waals surface area contributed by atoms with Crippen LogP contribution in [-0.2, 0) is 10.1 Å². The zero-order chi connectivity index (χ0) is 29.5. The molecule has 1 aromatic heterocycles. The first kappa shape index (κ1) is 28.8. The number of nitrogens with two attached hydrogens (primary N) is 1. The standard InChI is InChI=1S/C20H16F3N3O3.C7H8O3S/c1-9-15(24)8-25(9)18-6-17-11(5-14(18)23)19(27)12(20(28)29)7-26(17)16-3-2-10(21)4-13(16)22;1-6-2-4-7(5-3-6)11(8,9)10/h2-7,9,15H,8,24H2,1H3,(H,28,29);2-5H,1H3,(H,8,9,10). The minimum atomic E-state index is -4.02. The highest BCUT2D eigenvalue weighted by Crippen LogP contribution is 2.32. The number of hydrogen-bond donors (Lipinski definition) is 3. The van der Waals surface area contributed by atoms with Crippen molar-refractivity contribution in [3.05, 3.63) is 99.6 Å². The molecule has 4 aromatic rings. The maximum atomic E-state index is 14.8. The summed E-state index contributed by atoms with van der Waals surface area (Å²) in [5.74, 6) is -4.04. The number of carboxylic acid groups (broad SMARTS) is 1. The third-order valence-corrected chi connectivity index (χ3v) is 7.49. The molecular formula is C27H24F3N3O6S. The van der Waals surface area contributed by atoms with E-state index < -0.39 is 44.5 Å². The van der Waals surface area contributed by atoms with Crippen molar-refractivity contribution in [1.82, 2.24) is 4.57 Å². The van der Waals surface area contributed by atoms with Gasteiger partial charge in [-0.25, -0.2) is 18.0 Å². The Kier molecular flexibility index (Phi) is 7.74. The maximum Gasteiger partial charge on any atom is 0.341 e. The fourth-order valence-corrected chi connectivity index (χ4v) is 4.73. The summed E-state index contributed by atoms with van der Waals surface area (Å²) in [6.07, 6.45) is 0.955. The van der Waals surface area contributed by atoms with Gasteiger partial charge >= 0.3 is 5.97 Å². The number of halogens is 3. The van der Waals surface area contributed by atoms with E-state index in [0.717, 1.165) is 34.5 Å². The molecule has 2 atom stereocenters. The van der Waals surface area contributed by atoms with Gasteiger partial charge in [0.05, 0.1) is 21.8 Å². The molecule has 1 aliphatic rings. The third kappa shape index (κ3) is 5.57. The molecule has 0 saturated carbocycles. The van der Waals surface area contributed by atoms with Gasteiger partial charge in [-0.1, -0.05) is 17.7 Å². The van der Waals surface area contributed by atoms with Gasteiger partial charge in [0.15, 0.2) is 0 Å². The number of hydrogen-bond acceptors (Lipinski definition) is 6. The van der Waals surface area contributed by atoms with E-state index in [0.29, 0.717) is 12.6 Å². The Bertz CT molecular complexity index is 1790. The van der Waals surface area contributed by atoms with E-state index >= 15 is 0 Å². The van der Waals surface area contributed by atoms with Gasteiger partial charge in [-0.15, -0.1) is 0 Å². The van der Waals surface area contributed by atoms with Crippen molar-refractivity contribution in [3.8, 4) is 5.69 Å². The van der Waals surface area contributed by atoms with Gasteiger partial charge in [0.1, 0.15) is 23.0 Å². The molecule has 4 N–H and O–H groups in total. The summed E-state index contributed by atoms with van der Waals surface area (Å²) in [7, 11) is -4.02.